The number of anilines is 1. The van der Waals surface area contributed by atoms with Crippen molar-refractivity contribution in [2.45, 2.75) is 46.0 Å². The van der Waals surface area contributed by atoms with Gasteiger partial charge in [0.25, 0.3) is 5.91 Å². The summed E-state index contributed by atoms with van der Waals surface area (Å²) in [6, 6.07) is 18.3. The average Bonchev–Trinajstić information content (AvgIpc) is 3.25. The molecule has 1 N–H and O–H groups in total. The first-order valence-corrected chi connectivity index (χ1v) is 12.2. The zero-order valence-electron chi connectivity index (χ0n) is 20.8. The van der Waals surface area contributed by atoms with Gasteiger partial charge in [-0.3, -0.25) is 9.59 Å². The highest BCUT2D eigenvalue weighted by Gasteiger charge is 2.23. The van der Waals surface area contributed by atoms with Crippen LogP contribution in [0.3, 0.4) is 0 Å². The van der Waals surface area contributed by atoms with Gasteiger partial charge in [-0.05, 0) is 42.8 Å². The van der Waals surface area contributed by atoms with Gasteiger partial charge in [0.15, 0.2) is 6.61 Å². The van der Waals surface area contributed by atoms with Crippen molar-refractivity contribution in [1.82, 2.24) is 14.7 Å². The number of carbonyl (C=O) groups excluding carboxylic acids is 2. The smallest absolute Gasteiger partial charge is 0.260 e. The highest BCUT2D eigenvalue weighted by Crippen LogP contribution is 2.27. The Morgan fingerprint density at radius 1 is 1.09 bits per heavy atom. The number of halogens is 1. The second-order valence-electron chi connectivity index (χ2n) is 9.37. The molecule has 0 atom stereocenters. The van der Waals surface area contributed by atoms with E-state index in [1.165, 1.54) is 4.90 Å². The Morgan fingerprint density at radius 3 is 2.40 bits per heavy atom. The summed E-state index contributed by atoms with van der Waals surface area (Å²) in [6.07, 6.45) is 1.70. The number of nitrogens with zero attached hydrogens (tertiary/aromatic N) is 3. The number of para-hydroxylation sites is 1. The number of aromatic nitrogens is 2. The molecule has 2 amide bonds. The molecule has 8 heteroatoms. The Labute approximate surface area is 212 Å². The molecule has 3 aromatic rings. The monoisotopic (exact) mass is 496 g/mol. The first kappa shape index (κ1) is 26.3. The number of benzene rings is 2. The summed E-state index contributed by atoms with van der Waals surface area (Å²) in [7, 11) is 0. The molecule has 0 bridgehead atoms. The van der Waals surface area contributed by atoms with E-state index in [1.54, 1.807) is 28.9 Å². The molecule has 7 nitrogen and oxygen atoms in total. The molecule has 0 fully saturated rings. The lowest BCUT2D eigenvalue weighted by Gasteiger charge is -2.22. The Balaban J connectivity index is 1.75. The average molecular weight is 497 g/mol. The number of carbonyl (C=O) groups is 2. The first-order valence-electron chi connectivity index (χ1n) is 11.8. The molecule has 3 rings (SSSR count). The van der Waals surface area contributed by atoms with Crippen LogP contribution in [0, 0.1) is 0 Å². The molecule has 1 aromatic heterocycles. The summed E-state index contributed by atoms with van der Waals surface area (Å²) in [5.74, 6) is 0.608. The number of hydrogen-bond donors (Lipinski definition) is 1. The molecule has 186 valence electrons. The van der Waals surface area contributed by atoms with E-state index in [0.29, 0.717) is 23.1 Å². The van der Waals surface area contributed by atoms with Crippen molar-refractivity contribution < 1.29 is 14.3 Å². The minimum atomic E-state index is -0.301. The number of rotatable bonds is 10. The van der Waals surface area contributed by atoms with Crippen molar-refractivity contribution >= 4 is 29.2 Å². The van der Waals surface area contributed by atoms with E-state index in [9.17, 15) is 9.59 Å². The molecule has 0 radical (unpaired) electrons. The molecule has 0 aliphatic heterocycles. The fourth-order valence-electron chi connectivity index (χ4n) is 3.37. The lowest BCUT2D eigenvalue weighted by molar-refractivity contribution is -0.136. The van der Waals surface area contributed by atoms with Gasteiger partial charge in [0.2, 0.25) is 5.91 Å². The lowest BCUT2D eigenvalue weighted by Crippen LogP contribution is -2.41. The maximum atomic E-state index is 13.1. The second-order valence-corrected chi connectivity index (χ2v) is 9.81. The molecular formula is C27H33ClN4O3. The van der Waals surface area contributed by atoms with E-state index in [-0.39, 0.29) is 30.4 Å². The molecule has 2 aromatic carbocycles. The van der Waals surface area contributed by atoms with Gasteiger partial charge in [-0.15, -0.1) is 0 Å². The third-order valence-electron chi connectivity index (χ3n) is 5.39. The summed E-state index contributed by atoms with van der Waals surface area (Å²) in [5, 5.41) is 8.28. The SMILES string of the molecule is CCCCN(CC(=O)Nc1cc(C(C)(C)C)nn1-c1ccc(Cl)cc1)C(=O)COc1ccccc1. The molecule has 0 saturated heterocycles. The third-order valence-corrected chi connectivity index (χ3v) is 5.64. The van der Waals surface area contributed by atoms with Crippen molar-refractivity contribution in [3.63, 3.8) is 0 Å². The Morgan fingerprint density at radius 2 is 1.77 bits per heavy atom. The highest BCUT2D eigenvalue weighted by atomic mass is 35.5. The summed E-state index contributed by atoms with van der Waals surface area (Å²) in [4.78, 5) is 27.4. The summed E-state index contributed by atoms with van der Waals surface area (Å²) in [5.41, 5.74) is 1.39. The van der Waals surface area contributed by atoms with Crippen LogP contribution in [0.25, 0.3) is 5.69 Å². The summed E-state index contributed by atoms with van der Waals surface area (Å²) in [6.45, 7) is 8.50. The summed E-state index contributed by atoms with van der Waals surface area (Å²) >= 11 is 6.05. The Bertz CT molecular complexity index is 1120. The molecule has 0 spiro atoms. The number of hydrogen-bond acceptors (Lipinski definition) is 4. The molecular weight excluding hydrogens is 464 g/mol. The topological polar surface area (TPSA) is 76.5 Å². The van der Waals surface area contributed by atoms with E-state index in [2.05, 4.69) is 26.1 Å². The Kier molecular flexibility index (Phi) is 8.93. The normalized spacial score (nSPS) is 11.2. The maximum Gasteiger partial charge on any atom is 0.260 e. The molecule has 35 heavy (non-hydrogen) atoms. The molecule has 0 unspecified atom stereocenters. The molecule has 0 aliphatic rings. The van der Waals surface area contributed by atoms with Crippen LogP contribution < -0.4 is 10.1 Å². The quantitative estimate of drug-likeness (QED) is 0.404. The van der Waals surface area contributed by atoms with Crippen LogP contribution in [0.2, 0.25) is 5.02 Å². The van der Waals surface area contributed by atoms with Gasteiger partial charge in [0.1, 0.15) is 18.1 Å². The maximum absolute atomic E-state index is 13.1. The van der Waals surface area contributed by atoms with E-state index in [4.69, 9.17) is 21.4 Å². The number of unbranched alkanes of at least 4 members (excludes halogenated alkanes) is 1. The molecule has 0 aliphatic carbocycles. The first-order chi connectivity index (χ1) is 16.7. The molecule has 0 saturated carbocycles. The van der Waals surface area contributed by atoms with Gasteiger partial charge in [-0.2, -0.15) is 5.10 Å². The second kappa shape index (κ2) is 11.9. The van der Waals surface area contributed by atoms with Gasteiger partial charge in [-0.1, -0.05) is 63.9 Å². The van der Waals surface area contributed by atoms with Gasteiger partial charge in [0, 0.05) is 23.0 Å². The number of ether oxygens (including phenoxy) is 1. The van der Waals surface area contributed by atoms with Crippen molar-refractivity contribution in [1.29, 1.82) is 0 Å². The highest BCUT2D eigenvalue weighted by molar-refractivity contribution is 6.30. The fourth-order valence-corrected chi connectivity index (χ4v) is 3.49. The zero-order valence-corrected chi connectivity index (χ0v) is 21.5. The number of amides is 2. The van der Waals surface area contributed by atoms with Crippen LogP contribution in [-0.4, -0.2) is 46.2 Å². The standard InChI is InChI=1S/C27H33ClN4O3/c1-5-6-16-31(26(34)19-35-22-10-8-7-9-11-22)18-25(33)29-24-17-23(27(2,3)4)30-32(24)21-14-12-20(28)13-15-21/h7-15,17H,5-6,16,18-19H2,1-4H3,(H,29,33). The van der Waals surface area contributed by atoms with Crippen molar-refractivity contribution in [3.05, 3.63) is 71.4 Å². The van der Waals surface area contributed by atoms with Gasteiger partial charge < -0.3 is 15.0 Å². The fraction of sp³-hybridized carbons (Fsp3) is 0.370. The van der Waals surface area contributed by atoms with Crippen molar-refractivity contribution in [2.75, 3.05) is 25.0 Å². The van der Waals surface area contributed by atoms with Crippen LogP contribution in [0.1, 0.15) is 46.2 Å². The summed E-state index contributed by atoms with van der Waals surface area (Å²) < 4.78 is 7.29. The van der Waals surface area contributed by atoms with E-state index in [0.717, 1.165) is 24.2 Å². The van der Waals surface area contributed by atoms with Crippen LogP contribution in [0.4, 0.5) is 5.82 Å². The van der Waals surface area contributed by atoms with Gasteiger partial charge in [0.05, 0.1) is 11.4 Å². The van der Waals surface area contributed by atoms with Crippen LogP contribution >= 0.6 is 11.6 Å². The van der Waals surface area contributed by atoms with Gasteiger partial charge >= 0.3 is 0 Å². The van der Waals surface area contributed by atoms with Crippen LogP contribution in [-0.2, 0) is 15.0 Å². The number of nitrogens with one attached hydrogen (secondary N) is 1. The van der Waals surface area contributed by atoms with Crippen molar-refractivity contribution in [3.8, 4) is 11.4 Å². The molecule has 1 heterocycles. The van der Waals surface area contributed by atoms with E-state index in [1.807, 2.05) is 43.3 Å². The lowest BCUT2D eigenvalue weighted by atomic mass is 9.92. The van der Waals surface area contributed by atoms with Crippen LogP contribution in [0.15, 0.2) is 60.7 Å². The third kappa shape index (κ3) is 7.59. The van der Waals surface area contributed by atoms with E-state index < -0.39 is 0 Å². The minimum absolute atomic E-state index is 0.0758. The van der Waals surface area contributed by atoms with E-state index >= 15 is 0 Å². The van der Waals surface area contributed by atoms with Crippen LogP contribution in [0.5, 0.6) is 5.75 Å². The Hall–Kier alpha value is -3.32. The zero-order chi connectivity index (χ0) is 25.4. The van der Waals surface area contributed by atoms with Gasteiger partial charge in [-0.25, -0.2) is 4.68 Å². The van der Waals surface area contributed by atoms with Crippen molar-refractivity contribution in [2.24, 2.45) is 0 Å². The predicted molar refractivity (Wildman–Crippen MR) is 139 cm³/mol. The minimum Gasteiger partial charge on any atom is -0.484 e. The largest absolute Gasteiger partial charge is 0.484 e. The predicted octanol–water partition coefficient (Wildman–Crippen LogP) is 5.47.